The maximum absolute atomic E-state index is 11.9. The molecule has 0 heterocycles. The van der Waals surface area contributed by atoms with Crippen molar-refractivity contribution in [1.29, 1.82) is 0 Å². The van der Waals surface area contributed by atoms with Gasteiger partial charge in [-0.1, -0.05) is 32.9 Å². The highest BCUT2D eigenvalue weighted by molar-refractivity contribution is 5.92. The molecule has 0 aromatic carbocycles. The fraction of sp³-hybridized carbons (Fsp3) is 0.750. The summed E-state index contributed by atoms with van der Waals surface area (Å²) in [5.41, 5.74) is 1.78. The number of carboxylic acid groups (broad SMARTS) is 1. The number of hydrogen-bond donors (Lipinski definition) is 1. The molecule has 0 aromatic heterocycles. The van der Waals surface area contributed by atoms with E-state index in [-0.39, 0.29) is 5.41 Å². The van der Waals surface area contributed by atoms with Crippen LogP contribution < -0.4 is 0 Å². The van der Waals surface area contributed by atoms with Crippen LogP contribution in [-0.4, -0.2) is 16.9 Å². The maximum atomic E-state index is 11.9. The van der Waals surface area contributed by atoms with E-state index in [4.69, 9.17) is 5.11 Å². The lowest BCUT2D eigenvalue weighted by atomic mass is 9.48. The average molecular weight is 371 g/mol. The molecule has 0 bridgehead atoms. The van der Waals surface area contributed by atoms with Crippen LogP contribution in [0.3, 0.4) is 0 Å². The van der Waals surface area contributed by atoms with Gasteiger partial charge in [-0.05, 0) is 90.6 Å². The predicted octanol–water partition coefficient (Wildman–Crippen LogP) is 5.41. The molecule has 0 spiro atoms. The van der Waals surface area contributed by atoms with Crippen molar-refractivity contribution in [1.82, 2.24) is 0 Å². The zero-order valence-corrected chi connectivity index (χ0v) is 17.0. The molecule has 0 aromatic rings. The zero-order valence-electron chi connectivity index (χ0n) is 17.0. The second kappa shape index (κ2) is 6.60. The average Bonchev–Trinajstić information content (AvgIpc) is 2.97. The van der Waals surface area contributed by atoms with Crippen molar-refractivity contribution < 1.29 is 14.7 Å². The summed E-state index contributed by atoms with van der Waals surface area (Å²) in [6.07, 6.45) is 14.4. The maximum Gasteiger partial charge on any atom is 0.303 e. The largest absolute Gasteiger partial charge is 0.481 e. The first-order valence-corrected chi connectivity index (χ1v) is 10.9. The van der Waals surface area contributed by atoms with Gasteiger partial charge in [0.25, 0.3) is 0 Å². The SMILES string of the molecule is C[C@H](CCC(=O)O)[C@H]1CC[C@H]2[C@@H]3C=CC4=CC(=O)CC[C@]4(C)[C@H]3CC[C@]12C. The van der Waals surface area contributed by atoms with E-state index in [0.29, 0.717) is 53.6 Å². The molecule has 3 nitrogen and oxygen atoms in total. The van der Waals surface area contributed by atoms with Crippen molar-refractivity contribution >= 4 is 11.8 Å². The highest BCUT2D eigenvalue weighted by Gasteiger charge is 2.58. The number of allylic oxidation sites excluding steroid dienone is 4. The van der Waals surface area contributed by atoms with Gasteiger partial charge in [-0.15, -0.1) is 0 Å². The van der Waals surface area contributed by atoms with Gasteiger partial charge in [-0.2, -0.15) is 0 Å². The van der Waals surface area contributed by atoms with Gasteiger partial charge in [-0.3, -0.25) is 9.59 Å². The summed E-state index contributed by atoms with van der Waals surface area (Å²) >= 11 is 0. The van der Waals surface area contributed by atoms with Gasteiger partial charge < -0.3 is 5.11 Å². The monoisotopic (exact) mass is 370 g/mol. The Morgan fingerprint density at radius 1 is 1.22 bits per heavy atom. The van der Waals surface area contributed by atoms with Crippen LogP contribution in [0.2, 0.25) is 0 Å². The van der Waals surface area contributed by atoms with Crippen molar-refractivity contribution in [2.24, 2.45) is 40.4 Å². The van der Waals surface area contributed by atoms with Gasteiger partial charge in [0.2, 0.25) is 0 Å². The first-order valence-electron chi connectivity index (χ1n) is 10.9. The van der Waals surface area contributed by atoms with Crippen LogP contribution in [0.4, 0.5) is 0 Å². The van der Waals surface area contributed by atoms with E-state index in [9.17, 15) is 9.59 Å². The van der Waals surface area contributed by atoms with E-state index in [0.717, 1.165) is 12.8 Å². The number of aliphatic carboxylic acids is 1. The van der Waals surface area contributed by atoms with E-state index in [1.54, 1.807) is 0 Å². The number of fused-ring (bicyclic) bond motifs is 5. The van der Waals surface area contributed by atoms with Crippen molar-refractivity contribution in [3.8, 4) is 0 Å². The fourth-order valence-electron chi connectivity index (χ4n) is 7.52. The van der Waals surface area contributed by atoms with Gasteiger partial charge >= 0.3 is 5.97 Å². The Hall–Kier alpha value is -1.38. The summed E-state index contributed by atoms with van der Waals surface area (Å²) in [4.78, 5) is 23.0. The minimum atomic E-state index is -0.667. The van der Waals surface area contributed by atoms with Crippen LogP contribution in [0.25, 0.3) is 0 Å². The molecule has 4 aliphatic rings. The number of carboxylic acids is 1. The Balaban J connectivity index is 1.59. The summed E-state index contributed by atoms with van der Waals surface area (Å²) in [5.74, 6) is 2.75. The quantitative estimate of drug-likeness (QED) is 0.720. The molecule has 4 rings (SSSR count). The zero-order chi connectivity index (χ0) is 19.4. The fourth-order valence-corrected chi connectivity index (χ4v) is 7.52. The first kappa shape index (κ1) is 19.0. The standard InChI is InChI=1S/C24H34O3/c1-15(4-9-22(26)27)19-7-8-20-18-6-5-16-14-17(25)10-12-23(16,2)21(18)11-13-24(19,20)3/h5-6,14-15,18-21H,4,7-13H2,1-3H3,(H,26,27)/t15-,18+,19-,20+,21+,23+,24-/m1/s1. The summed E-state index contributed by atoms with van der Waals surface area (Å²) in [5, 5.41) is 9.07. The normalized spacial score (nSPS) is 44.1. The second-order valence-corrected chi connectivity index (χ2v) is 10.3. The third-order valence-corrected chi connectivity index (χ3v) is 9.09. The molecule has 4 aliphatic carbocycles. The molecule has 0 saturated heterocycles. The van der Waals surface area contributed by atoms with E-state index in [1.807, 2.05) is 6.08 Å². The smallest absolute Gasteiger partial charge is 0.303 e. The number of carbonyl (C=O) groups excluding carboxylic acids is 1. The van der Waals surface area contributed by atoms with Crippen molar-refractivity contribution in [2.45, 2.75) is 72.1 Å². The number of ketones is 1. The molecule has 2 saturated carbocycles. The van der Waals surface area contributed by atoms with Crippen molar-refractivity contribution in [2.75, 3.05) is 0 Å². The van der Waals surface area contributed by atoms with Gasteiger partial charge in [0, 0.05) is 12.8 Å². The summed E-state index contributed by atoms with van der Waals surface area (Å²) < 4.78 is 0. The van der Waals surface area contributed by atoms with Crippen molar-refractivity contribution in [3.63, 3.8) is 0 Å². The van der Waals surface area contributed by atoms with Gasteiger partial charge in [-0.25, -0.2) is 0 Å². The Morgan fingerprint density at radius 3 is 2.74 bits per heavy atom. The first-order chi connectivity index (χ1) is 12.8. The minimum Gasteiger partial charge on any atom is -0.481 e. The molecule has 148 valence electrons. The Morgan fingerprint density at radius 2 is 2.00 bits per heavy atom. The molecule has 0 unspecified atom stereocenters. The van der Waals surface area contributed by atoms with Gasteiger partial charge in [0.05, 0.1) is 0 Å². The van der Waals surface area contributed by atoms with Crippen molar-refractivity contribution in [3.05, 3.63) is 23.8 Å². The van der Waals surface area contributed by atoms with Crippen LogP contribution in [0.5, 0.6) is 0 Å². The topological polar surface area (TPSA) is 54.4 Å². The van der Waals surface area contributed by atoms with Crippen LogP contribution in [0.1, 0.15) is 72.1 Å². The Kier molecular flexibility index (Phi) is 4.63. The molecule has 0 amide bonds. The number of rotatable bonds is 4. The number of hydrogen-bond acceptors (Lipinski definition) is 2. The Labute approximate surface area is 163 Å². The van der Waals surface area contributed by atoms with Gasteiger partial charge in [0.1, 0.15) is 0 Å². The molecule has 27 heavy (non-hydrogen) atoms. The molecular weight excluding hydrogens is 336 g/mol. The van der Waals surface area contributed by atoms with Crippen LogP contribution in [0, 0.1) is 40.4 Å². The predicted molar refractivity (Wildman–Crippen MR) is 106 cm³/mol. The lowest BCUT2D eigenvalue weighted by Gasteiger charge is -2.56. The van der Waals surface area contributed by atoms with E-state index >= 15 is 0 Å². The summed E-state index contributed by atoms with van der Waals surface area (Å²) in [6, 6.07) is 0. The Bertz CT molecular complexity index is 704. The molecule has 1 N–H and O–H groups in total. The summed E-state index contributed by atoms with van der Waals surface area (Å²) in [7, 11) is 0. The van der Waals surface area contributed by atoms with Crippen LogP contribution in [-0.2, 0) is 9.59 Å². The molecule has 7 atom stereocenters. The van der Waals surface area contributed by atoms with E-state index < -0.39 is 5.97 Å². The second-order valence-electron chi connectivity index (χ2n) is 10.3. The molecular formula is C24H34O3. The number of carbonyl (C=O) groups is 2. The van der Waals surface area contributed by atoms with E-state index in [1.165, 1.54) is 31.3 Å². The molecule has 0 aliphatic heterocycles. The molecule has 2 fully saturated rings. The van der Waals surface area contributed by atoms with Gasteiger partial charge in [0.15, 0.2) is 5.78 Å². The minimum absolute atomic E-state index is 0.168. The third-order valence-electron chi connectivity index (χ3n) is 9.09. The van der Waals surface area contributed by atoms with Crippen LogP contribution in [0.15, 0.2) is 23.8 Å². The highest BCUT2D eigenvalue weighted by Crippen LogP contribution is 2.66. The highest BCUT2D eigenvalue weighted by atomic mass is 16.4. The lowest BCUT2D eigenvalue weighted by molar-refractivity contribution is -0.137. The lowest BCUT2D eigenvalue weighted by Crippen LogP contribution is -2.49. The molecule has 0 radical (unpaired) electrons. The van der Waals surface area contributed by atoms with Crippen LogP contribution >= 0.6 is 0 Å². The summed E-state index contributed by atoms with van der Waals surface area (Å²) in [6.45, 7) is 7.17. The molecule has 3 heteroatoms. The third kappa shape index (κ3) is 2.93. The van der Waals surface area contributed by atoms with E-state index in [2.05, 4.69) is 32.9 Å².